The van der Waals surface area contributed by atoms with Crippen LogP contribution in [0.4, 0.5) is 0 Å². The molecule has 0 saturated carbocycles. The number of aromatic nitrogens is 2. The van der Waals surface area contributed by atoms with Crippen molar-refractivity contribution < 1.29 is 4.42 Å². The van der Waals surface area contributed by atoms with Gasteiger partial charge >= 0.3 is 0 Å². The number of nitrogens with zero attached hydrogens (tertiary/aromatic N) is 2. The summed E-state index contributed by atoms with van der Waals surface area (Å²) in [5, 5.41) is 0.674. The molecule has 2 aromatic carbocycles. The van der Waals surface area contributed by atoms with Crippen LogP contribution in [-0.4, -0.2) is 9.55 Å². The highest BCUT2D eigenvalue weighted by Gasteiger charge is 2.08. The molecule has 0 aliphatic carbocycles. The minimum absolute atomic E-state index is 0.674. The Morgan fingerprint density at radius 3 is 2.86 bits per heavy atom. The van der Waals surface area contributed by atoms with Crippen LogP contribution in [-0.2, 0) is 5.88 Å². The summed E-state index contributed by atoms with van der Waals surface area (Å²) in [5.74, 6) is 0.704. The molecule has 21 heavy (non-hydrogen) atoms. The Kier molecular flexibility index (Phi) is 3.29. The third-order valence-corrected chi connectivity index (χ3v) is 5.40. The van der Waals surface area contributed by atoms with Crippen molar-refractivity contribution in [2.75, 3.05) is 0 Å². The molecule has 0 unspecified atom stereocenters. The quantitative estimate of drug-likeness (QED) is 0.375. The highest BCUT2D eigenvalue weighted by Crippen LogP contribution is 2.28. The number of thiazole rings is 1. The first kappa shape index (κ1) is 13.1. The normalized spacial score (nSPS) is 11.4. The van der Waals surface area contributed by atoms with Crippen molar-refractivity contribution in [3.05, 3.63) is 52.5 Å². The summed E-state index contributed by atoms with van der Waals surface area (Å²) in [7, 11) is 0. The van der Waals surface area contributed by atoms with Crippen molar-refractivity contribution >= 4 is 56.6 Å². The van der Waals surface area contributed by atoms with E-state index in [1.54, 1.807) is 23.1 Å². The fourth-order valence-electron chi connectivity index (χ4n) is 2.17. The van der Waals surface area contributed by atoms with Crippen molar-refractivity contribution in [2.24, 2.45) is 0 Å². The van der Waals surface area contributed by atoms with Gasteiger partial charge in [-0.3, -0.25) is 0 Å². The second kappa shape index (κ2) is 5.29. The molecule has 4 rings (SSSR count). The lowest BCUT2D eigenvalue weighted by Crippen LogP contribution is -1.93. The molecule has 6 heteroatoms. The van der Waals surface area contributed by atoms with Crippen LogP contribution < -0.4 is 0 Å². The zero-order valence-electron chi connectivity index (χ0n) is 10.9. The van der Waals surface area contributed by atoms with Gasteiger partial charge in [-0.2, -0.15) is 0 Å². The average molecular weight is 330 g/mol. The summed E-state index contributed by atoms with van der Waals surface area (Å²) in [4.78, 5) is 4.47. The molecule has 0 amide bonds. The first-order valence-electron chi connectivity index (χ1n) is 6.38. The maximum atomic E-state index is 5.73. The first-order chi connectivity index (χ1) is 10.3. The van der Waals surface area contributed by atoms with Gasteiger partial charge in [-0.05, 0) is 48.2 Å². The van der Waals surface area contributed by atoms with Crippen LogP contribution in [0.5, 0.6) is 0 Å². The van der Waals surface area contributed by atoms with Gasteiger partial charge in [0.15, 0.2) is 9.54 Å². The Bertz CT molecular complexity index is 950. The molecule has 0 aliphatic heterocycles. The molecule has 2 heterocycles. The Morgan fingerprint density at radius 1 is 1.14 bits per heavy atom. The molecule has 0 bridgehead atoms. The second-order valence-corrected chi connectivity index (χ2v) is 7.06. The number of benzene rings is 2. The van der Waals surface area contributed by atoms with Crippen LogP contribution in [0.15, 0.2) is 58.2 Å². The number of oxazole rings is 1. The van der Waals surface area contributed by atoms with Gasteiger partial charge in [-0.25, -0.2) is 4.98 Å². The molecule has 0 spiro atoms. The fraction of sp³-hybridized carbons (Fsp3) is 0.0667. The summed E-state index contributed by atoms with van der Waals surface area (Å²) >= 11 is 8.64. The summed E-state index contributed by atoms with van der Waals surface area (Å²) in [6.07, 6.45) is 0. The van der Waals surface area contributed by atoms with Crippen LogP contribution >= 0.6 is 35.3 Å². The van der Waals surface area contributed by atoms with Crippen LogP contribution in [0, 0.1) is 3.95 Å². The second-order valence-electron chi connectivity index (χ2n) is 4.48. The van der Waals surface area contributed by atoms with Gasteiger partial charge in [0, 0.05) is 0 Å². The number of fused-ring (bicyclic) bond motifs is 2. The van der Waals surface area contributed by atoms with E-state index in [1.807, 2.05) is 36.4 Å². The van der Waals surface area contributed by atoms with E-state index in [2.05, 4.69) is 21.7 Å². The van der Waals surface area contributed by atoms with Gasteiger partial charge < -0.3 is 8.98 Å². The monoisotopic (exact) mass is 330 g/mol. The molecular weight excluding hydrogens is 320 g/mol. The zero-order chi connectivity index (χ0) is 14.2. The van der Waals surface area contributed by atoms with E-state index in [-0.39, 0.29) is 0 Å². The first-order valence-corrected chi connectivity index (χ1v) is 8.59. The van der Waals surface area contributed by atoms with E-state index < -0.39 is 0 Å². The molecule has 0 fully saturated rings. The highest BCUT2D eigenvalue weighted by atomic mass is 32.2. The van der Waals surface area contributed by atoms with Crippen LogP contribution in [0.1, 0.15) is 0 Å². The number of thioether (sulfide) groups is 1. The topological polar surface area (TPSA) is 31.0 Å². The molecule has 0 aliphatic rings. The molecule has 4 aromatic rings. The maximum absolute atomic E-state index is 5.73. The number of hydrogen-bond acceptors (Lipinski definition) is 5. The molecule has 0 N–H and O–H groups in total. The van der Waals surface area contributed by atoms with E-state index >= 15 is 0 Å². The highest BCUT2D eigenvalue weighted by molar-refractivity contribution is 7.98. The van der Waals surface area contributed by atoms with Crippen molar-refractivity contribution in [2.45, 2.75) is 11.1 Å². The average Bonchev–Trinajstić information content (AvgIpc) is 3.04. The van der Waals surface area contributed by atoms with E-state index in [1.165, 1.54) is 4.70 Å². The SMILES string of the molecule is S=c1sc2ccccc2n1CSc1nc2ccccc2o1. The van der Waals surface area contributed by atoms with Crippen LogP contribution in [0.3, 0.4) is 0 Å². The molecule has 3 nitrogen and oxygen atoms in total. The third kappa shape index (κ3) is 2.39. The minimum atomic E-state index is 0.674. The van der Waals surface area contributed by atoms with Crippen molar-refractivity contribution in [1.29, 1.82) is 0 Å². The van der Waals surface area contributed by atoms with E-state index in [4.69, 9.17) is 16.6 Å². The van der Waals surface area contributed by atoms with Crippen molar-refractivity contribution in [1.82, 2.24) is 9.55 Å². The summed E-state index contributed by atoms with van der Waals surface area (Å²) in [5.41, 5.74) is 2.87. The Labute approximate surface area is 134 Å². The van der Waals surface area contributed by atoms with E-state index in [0.29, 0.717) is 11.1 Å². The van der Waals surface area contributed by atoms with E-state index in [9.17, 15) is 0 Å². The van der Waals surface area contributed by atoms with E-state index in [0.717, 1.165) is 20.6 Å². The third-order valence-electron chi connectivity index (χ3n) is 3.17. The van der Waals surface area contributed by atoms with Gasteiger partial charge in [-0.1, -0.05) is 24.3 Å². The van der Waals surface area contributed by atoms with Gasteiger partial charge in [-0.15, -0.1) is 11.3 Å². The van der Waals surface area contributed by atoms with Gasteiger partial charge in [0.25, 0.3) is 5.22 Å². The standard InChI is InChI=1S/C15H10N2OS3/c19-15-17(11-6-2-4-8-13(11)21-15)9-20-14-16-10-5-1-3-7-12(10)18-14/h1-8H,9H2. The summed E-state index contributed by atoms with van der Waals surface area (Å²) < 4.78 is 9.93. The molecule has 104 valence electrons. The van der Waals surface area contributed by atoms with Gasteiger partial charge in [0.2, 0.25) is 0 Å². The lowest BCUT2D eigenvalue weighted by Gasteiger charge is -2.01. The molecule has 2 aromatic heterocycles. The smallest absolute Gasteiger partial charge is 0.258 e. The summed E-state index contributed by atoms with van der Waals surface area (Å²) in [6, 6.07) is 16.0. The Hall–Kier alpha value is -1.63. The predicted molar refractivity (Wildman–Crippen MR) is 90.5 cm³/mol. The van der Waals surface area contributed by atoms with Crippen molar-refractivity contribution in [3.8, 4) is 0 Å². The predicted octanol–water partition coefficient (Wildman–Crippen LogP) is 5.32. The molecular formula is C15H10N2OS3. The fourth-order valence-corrected chi connectivity index (χ4v) is 4.47. The molecule has 0 radical (unpaired) electrons. The largest absolute Gasteiger partial charge is 0.431 e. The lowest BCUT2D eigenvalue weighted by molar-refractivity contribution is 0.488. The zero-order valence-corrected chi connectivity index (χ0v) is 13.3. The number of hydrogen-bond donors (Lipinski definition) is 0. The van der Waals surface area contributed by atoms with Crippen molar-refractivity contribution in [3.63, 3.8) is 0 Å². The van der Waals surface area contributed by atoms with Crippen LogP contribution in [0.2, 0.25) is 0 Å². The van der Waals surface area contributed by atoms with Crippen LogP contribution in [0.25, 0.3) is 21.3 Å². The Balaban J connectivity index is 1.66. The minimum Gasteiger partial charge on any atom is -0.431 e. The maximum Gasteiger partial charge on any atom is 0.258 e. The lowest BCUT2D eigenvalue weighted by atomic mass is 10.3. The summed E-state index contributed by atoms with van der Waals surface area (Å²) in [6.45, 7) is 0. The Morgan fingerprint density at radius 2 is 1.95 bits per heavy atom. The van der Waals surface area contributed by atoms with Gasteiger partial charge in [0.05, 0.1) is 16.1 Å². The number of rotatable bonds is 3. The number of para-hydroxylation sites is 3. The van der Waals surface area contributed by atoms with Gasteiger partial charge in [0.1, 0.15) is 5.52 Å². The molecule has 0 saturated heterocycles. The molecule has 0 atom stereocenters.